The van der Waals surface area contributed by atoms with Crippen molar-refractivity contribution in [3.8, 4) is 0 Å². The molecule has 1 amide bonds. The first-order chi connectivity index (χ1) is 13.3. The number of hydrogen-bond donors (Lipinski definition) is 1. The van der Waals surface area contributed by atoms with Crippen molar-refractivity contribution in [2.45, 2.75) is 59.4 Å². The van der Waals surface area contributed by atoms with Gasteiger partial charge in [-0.1, -0.05) is 42.5 Å². The molecule has 0 aliphatic rings. The monoisotopic (exact) mass is 414 g/mol. The number of thiazole rings is 1. The third-order valence-electron chi connectivity index (χ3n) is 4.90. The molecular weight excluding hydrogens is 384 g/mol. The van der Waals surface area contributed by atoms with Gasteiger partial charge in [-0.15, -0.1) is 11.3 Å². The molecule has 0 spiro atoms. The predicted octanol–water partition coefficient (Wildman–Crippen LogP) is 4.63. The first-order valence-electron chi connectivity index (χ1n) is 9.73. The molecule has 2 aromatic rings. The maximum absolute atomic E-state index is 10.9. The Morgan fingerprint density at radius 1 is 1.29 bits per heavy atom. The maximum atomic E-state index is 10.9. The number of hydrogen-bond acceptors (Lipinski definition) is 3. The number of primary amides is 1. The number of nitrogens with two attached hydrogens (primary N) is 1. The summed E-state index contributed by atoms with van der Waals surface area (Å²) in [6, 6.07) is 6.63. The van der Waals surface area contributed by atoms with E-state index in [-0.39, 0.29) is 5.91 Å². The van der Waals surface area contributed by atoms with Crippen LogP contribution in [0.25, 0.3) is 18.2 Å². The highest BCUT2D eigenvalue weighted by atomic mass is 32.1. The van der Waals surface area contributed by atoms with E-state index in [0.29, 0.717) is 6.42 Å². The Kier molecular flexibility index (Phi) is 8.39. The summed E-state index contributed by atoms with van der Waals surface area (Å²) in [5.74, 6) is -0.249. The summed E-state index contributed by atoms with van der Waals surface area (Å²) in [5.41, 5.74) is 10.5. The fraction of sp³-hybridized carbons (Fsp3) is 0.391. The van der Waals surface area contributed by atoms with E-state index in [1.165, 1.54) is 22.3 Å². The minimum absolute atomic E-state index is 0.249. The molecule has 0 aliphatic carbocycles. The molecule has 0 aliphatic heterocycles. The van der Waals surface area contributed by atoms with Gasteiger partial charge >= 0.3 is 0 Å². The normalized spacial score (nSPS) is 12.5. The molecular formula is C23H30N2OS2. The number of amides is 1. The summed E-state index contributed by atoms with van der Waals surface area (Å²) >= 11 is 7.12. The molecule has 2 N–H and O–H groups in total. The highest BCUT2D eigenvalue weighted by Crippen LogP contribution is 2.24. The molecule has 1 aromatic carbocycles. The van der Waals surface area contributed by atoms with Crippen LogP contribution in [0.1, 0.15) is 55.7 Å². The third kappa shape index (κ3) is 6.01. The predicted molar refractivity (Wildman–Crippen MR) is 124 cm³/mol. The van der Waals surface area contributed by atoms with Crippen LogP contribution < -0.4 is 15.6 Å². The van der Waals surface area contributed by atoms with Crippen LogP contribution in [0, 0.1) is 17.8 Å². The van der Waals surface area contributed by atoms with E-state index in [1.807, 2.05) is 0 Å². The van der Waals surface area contributed by atoms with Gasteiger partial charge in [-0.05, 0) is 75.4 Å². The Hall–Kier alpha value is -1.98. The molecule has 0 unspecified atom stereocenters. The van der Waals surface area contributed by atoms with E-state index in [1.54, 1.807) is 11.3 Å². The van der Waals surface area contributed by atoms with E-state index in [4.69, 9.17) is 18.0 Å². The Balaban J connectivity index is 2.07. The van der Waals surface area contributed by atoms with Crippen molar-refractivity contribution in [1.29, 1.82) is 0 Å². The van der Waals surface area contributed by atoms with Crippen LogP contribution in [0.3, 0.4) is 0 Å². The molecule has 2 rings (SSSR count). The Bertz CT molecular complexity index is 1030. The number of carbonyl (C=O) groups excluding carboxylic acids is 1. The van der Waals surface area contributed by atoms with E-state index in [0.717, 1.165) is 46.1 Å². The van der Waals surface area contributed by atoms with Crippen LogP contribution >= 0.6 is 23.6 Å². The average Bonchev–Trinajstić information content (AvgIpc) is 2.90. The molecule has 0 radical (unpaired) electrons. The number of rotatable bonds is 9. The summed E-state index contributed by atoms with van der Waals surface area (Å²) < 4.78 is 4.07. The molecule has 0 saturated carbocycles. The number of nitrogens with zero attached hydrogens (tertiary/aromatic N) is 1. The lowest BCUT2D eigenvalue weighted by Crippen LogP contribution is -2.27. The van der Waals surface area contributed by atoms with E-state index < -0.39 is 0 Å². The largest absolute Gasteiger partial charge is 0.370 e. The van der Waals surface area contributed by atoms with Crippen molar-refractivity contribution in [3.63, 3.8) is 0 Å². The minimum atomic E-state index is -0.249. The molecule has 1 heterocycles. The summed E-state index contributed by atoms with van der Waals surface area (Å²) in [7, 11) is 0. The van der Waals surface area contributed by atoms with E-state index in [2.05, 4.69) is 62.3 Å². The van der Waals surface area contributed by atoms with Crippen molar-refractivity contribution >= 4 is 47.7 Å². The van der Waals surface area contributed by atoms with Crippen LogP contribution in [0.5, 0.6) is 0 Å². The first-order valence-corrected chi connectivity index (χ1v) is 11.0. The zero-order chi connectivity index (χ0) is 20.7. The van der Waals surface area contributed by atoms with Gasteiger partial charge in [0.15, 0.2) is 3.95 Å². The van der Waals surface area contributed by atoms with Crippen LogP contribution in [0.2, 0.25) is 0 Å². The van der Waals surface area contributed by atoms with Gasteiger partial charge in [0.25, 0.3) is 0 Å². The van der Waals surface area contributed by atoms with Gasteiger partial charge in [0.2, 0.25) is 5.91 Å². The smallest absolute Gasteiger partial charge is 0.217 e. The highest BCUT2D eigenvalue weighted by molar-refractivity contribution is 7.73. The van der Waals surface area contributed by atoms with E-state index >= 15 is 0 Å². The number of benzene rings is 1. The van der Waals surface area contributed by atoms with Crippen LogP contribution in [-0.4, -0.2) is 10.5 Å². The summed E-state index contributed by atoms with van der Waals surface area (Å²) in [4.78, 5) is 10.9. The second kappa shape index (κ2) is 10.5. The lowest BCUT2D eigenvalue weighted by Gasteiger charge is -2.10. The number of aromatic nitrogens is 1. The lowest BCUT2D eigenvalue weighted by molar-refractivity contribution is -0.118. The first kappa shape index (κ1) is 22.3. The molecule has 150 valence electrons. The van der Waals surface area contributed by atoms with Crippen LogP contribution in [-0.2, 0) is 11.3 Å². The molecule has 0 fully saturated rings. The van der Waals surface area contributed by atoms with Gasteiger partial charge in [-0.2, -0.15) is 0 Å². The molecule has 0 saturated heterocycles. The fourth-order valence-corrected chi connectivity index (χ4v) is 4.77. The molecule has 1 aromatic heterocycles. The fourth-order valence-electron chi connectivity index (χ4n) is 3.37. The zero-order valence-electron chi connectivity index (χ0n) is 17.1. The Morgan fingerprint density at radius 2 is 2.04 bits per heavy atom. The number of aryl methyl sites for hydroxylation is 2. The second-order valence-corrected chi connectivity index (χ2v) is 8.80. The number of unbranched alkanes of at least 4 members (excludes halogenated alkanes) is 1. The van der Waals surface area contributed by atoms with Gasteiger partial charge in [0, 0.05) is 17.5 Å². The molecule has 0 bridgehead atoms. The van der Waals surface area contributed by atoms with Crippen molar-refractivity contribution in [1.82, 2.24) is 4.57 Å². The minimum Gasteiger partial charge on any atom is -0.370 e. The standard InChI is InChI=1S/C23H30N2OS2/c1-5-19(20-13-12-16(2)15-17(20)3)9-8-10-21-18(4)25(23(27)28-21)14-7-6-11-22(24)26/h5,10,12-13,15H,4,6-9,11,14H2,1-3H3,(H2,24,26)/b19-5+,21-10-. The summed E-state index contributed by atoms with van der Waals surface area (Å²) in [5, 5.41) is 0.975. The van der Waals surface area contributed by atoms with Crippen molar-refractivity contribution < 1.29 is 4.79 Å². The molecule has 5 heteroatoms. The highest BCUT2D eigenvalue weighted by Gasteiger charge is 2.05. The van der Waals surface area contributed by atoms with Gasteiger partial charge in [0.1, 0.15) is 0 Å². The van der Waals surface area contributed by atoms with Crippen LogP contribution in [0.4, 0.5) is 0 Å². The van der Waals surface area contributed by atoms with Gasteiger partial charge < -0.3 is 10.3 Å². The van der Waals surface area contributed by atoms with Crippen molar-refractivity contribution in [2.75, 3.05) is 0 Å². The summed E-state index contributed by atoms with van der Waals surface area (Å²) in [6.07, 6.45) is 8.48. The average molecular weight is 415 g/mol. The zero-order valence-corrected chi connectivity index (χ0v) is 18.7. The Morgan fingerprint density at radius 3 is 2.68 bits per heavy atom. The van der Waals surface area contributed by atoms with Crippen LogP contribution in [0.15, 0.2) is 24.3 Å². The van der Waals surface area contributed by atoms with E-state index in [9.17, 15) is 4.79 Å². The quantitative estimate of drug-likeness (QED) is 0.480. The number of carbonyl (C=O) groups is 1. The van der Waals surface area contributed by atoms with Crippen molar-refractivity contribution in [3.05, 3.63) is 54.8 Å². The second-order valence-electron chi connectivity index (χ2n) is 7.13. The SMILES string of the molecule is C=c1/c(=C/CC/C(=C\C)c2ccc(C)cc2C)sc(=S)n1CCCCC(N)=O. The van der Waals surface area contributed by atoms with Gasteiger partial charge in [-0.3, -0.25) is 4.79 Å². The van der Waals surface area contributed by atoms with Gasteiger partial charge in [-0.25, -0.2) is 0 Å². The number of allylic oxidation sites excluding steroid dienone is 2. The molecule has 3 nitrogen and oxygen atoms in total. The maximum Gasteiger partial charge on any atom is 0.217 e. The lowest BCUT2D eigenvalue weighted by atomic mass is 9.95. The Labute approximate surface area is 176 Å². The summed E-state index contributed by atoms with van der Waals surface area (Å²) in [6.45, 7) is 11.4. The molecule has 28 heavy (non-hydrogen) atoms. The van der Waals surface area contributed by atoms with Gasteiger partial charge in [0.05, 0.1) is 5.35 Å². The third-order valence-corrected chi connectivity index (χ3v) is 6.39. The van der Waals surface area contributed by atoms with Crippen molar-refractivity contribution in [2.24, 2.45) is 5.73 Å². The molecule has 0 atom stereocenters. The topological polar surface area (TPSA) is 48.0 Å².